The lowest BCUT2D eigenvalue weighted by atomic mass is 10.7. The molecule has 1 aromatic heterocycles. The highest BCUT2D eigenvalue weighted by molar-refractivity contribution is 14.1. The van der Waals surface area contributed by atoms with Crippen molar-refractivity contribution in [2.24, 2.45) is 0 Å². The van der Waals surface area contributed by atoms with Gasteiger partial charge in [0.2, 0.25) is 0 Å². The van der Waals surface area contributed by atoms with Gasteiger partial charge in [-0.1, -0.05) is 11.6 Å². The zero-order valence-corrected chi connectivity index (χ0v) is 8.94. The molecule has 0 spiro atoms. The molecular formula is C4HBrClIS. The van der Waals surface area contributed by atoms with Crippen molar-refractivity contribution in [1.29, 1.82) is 0 Å². The highest BCUT2D eigenvalue weighted by atomic mass is 127. The van der Waals surface area contributed by atoms with E-state index >= 15 is 0 Å². The van der Waals surface area contributed by atoms with Gasteiger partial charge in [-0.05, 0) is 44.6 Å². The summed E-state index contributed by atoms with van der Waals surface area (Å²) in [5.74, 6) is 0. The molecule has 0 atom stereocenters. The van der Waals surface area contributed by atoms with E-state index in [1.807, 2.05) is 6.07 Å². The second kappa shape index (κ2) is 2.86. The van der Waals surface area contributed by atoms with Crippen molar-refractivity contribution in [3.63, 3.8) is 0 Å². The summed E-state index contributed by atoms with van der Waals surface area (Å²) in [6.07, 6.45) is 0. The van der Waals surface area contributed by atoms with E-state index in [1.165, 1.54) is 0 Å². The Kier molecular flexibility index (Phi) is 2.61. The Labute approximate surface area is 78.5 Å². The molecule has 0 fully saturated rings. The van der Waals surface area contributed by atoms with Gasteiger partial charge in [0.05, 0.1) is 11.7 Å². The lowest BCUT2D eigenvalue weighted by molar-refractivity contribution is 1.92. The van der Waals surface area contributed by atoms with Crippen molar-refractivity contribution in [2.45, 2.75) is 0 Å². The monoisotopic (exact) mass is 322 g/mol. The average molecular weight is 323 g/mol. The fourth-order valence-corrected chi connectivity index (χ4v) is 3.74. The molecule has 0 N–H and O–H groups in total. The van der Waals surface area contributed by atoms with Crippen LogP contribution in [-0.4, -0.2) is 0 Å². The Morgan fingerprint density at radius 2 is 2.38 bits per heavy atom. The Balaban J connectivity index is 3.14. The van der Waals surface area contributed by atoms with E-state index < -0.39 is 0 Å². The number of thiophene rings is 1. The molecule has 0 aliphatic carbocycles. The van der Waals surface area contributed by atoms with Crippen molar-refractivity contribution in [3.05, 3.63) is 17.8 Å². The first-order chi connectivity index (χ1) is 3.70. The first kappa shape index (κ1) is 7.31. The topological polar surface area (TPSA) is 0 Å². The van der Waals surface area contributed by atoms with Crippen LogP contribution in [0.15, 0.2) is 9.85 Å². The van der Waals surface area contributed by atoms with Crippen LogP contribution in [0.25, 0.3) is 0 Å². The summed E-state index contributed by atoms with van der Waals surface area (Å²) < 4.78 is 2.23. The van der Waals surface area contributed by atoms with Gasteiger partial charge in [-0.15, -0.1) is 11.3 Å². The van der Waals surface area contributed by atoms with Crippen LogP contribution < -0.4 is 0 Å². The SMILES string of the molecule is Clc1cc(Br)sc1I. The molecule has 0 aliphatic heterocycles. The second-order valence-corrected chi connectivity index (χ2v) is 5.82. The third kappa shape index (κ3) is 1.59. The maximum atomic E-state index is 5.70. The highest BCUT2D eigenvalue weighted by Gasteiger charge is 1.99. The third-order valence-electron chi connectivity index (χ3n) is 0.615. The van der Waals surface area contributed by atoms with E-state index in [-0.39, 0.29) is 0 Å². The molecule has 0 nitrogen and oxygen atoms in total. The van der Waals surface area contributed by atoms with Gasteiger partial charge >= 0.3 is 0 Å². The first-order valence-corrected chi connectivity index (χ1v) is 4.87. The van der Waals surface area contributed by atoms with E-state index in [0.29, 0.717) is 0 Å². The molecule has 0 amide bonds. The van der Waals surface area contributed by atoms with Crippen LogP contribution in [0.1, 0.15) is 0 Å². The number of hydrogen-bond donors (Lipinski definition) is 0. The predicted octanol–water partition coefficient (Wildman–Crippen LogP) is 3.77. The number of hydrogen-bond acceptors (Lipinski definition) is 1. The molecule has 1 heterocycles. The number of halogens is 3. The van der Waals surface area contributed by atoms with Crippen LogP contribution in [0, 0.1) is 2.88 Å². The van der Waals surface area contributed by atoms with E-state index in [2.05, 4.69) is 38.5 Å². The molecule has 1 aromatic rings. The smallest absolute Gasteiger partial charge is 0.0851 e. The van der Waals surface area contributed by atoms with Gasteiger partial charge in [-0.25, -0.2) is 0 Å². The minimum Gasteiger partial charge on any atom is -0.121 e. The summed E-state index contributed by atoms with van der Waals surface area (Å²) in [6, 6.07) is 1.90. The average Bonchev–Trinajstić information content (AvgIpc) is 1.85. The van der Waals surface area contributed by atoms with E-state index in [0.717, 1.165) is 11.7 Å². The Morgan fingerprint density at radius 1 is 1.75 bits per heavy atom. The summed E-state index contributed by atoms with van der Waals surface area (Å²) in [5.41, 5.74) is 0. The summed E-state index contributed by atoms with van der Waals surface area (Å²) in [6.45, 7) is 0. The molecule has 44 valence electrons. The summed E-state index contributed by atoms with van der Waals surface area (Å²) >= 11 is 12.9. The second-order valence-electron chi connectivity index (χ2n) is 1.17. The largest absolute Gasteiger partial charge is 0.121 e. The van der Waals surface area contributed by atoms with E-state index in [4.69, 9.17) is 11.6 Å². The zero-order chi connectivity index (χ0) is 6.15. The van der Waals surface area contributed by atoms with Crippen molar-refractivity contribution in [2.75, 3.05) is 0 Å². The predicted molar refractivity (Wildman–Crippen MR) is 49.7 cm³/mol. The van der Waals surface area contributed by atoms with Crippen LogP contribution >= 0.6 is 61.5 Å². The fraction of sp³-hybridized carbons (Fsp3) is 0. The minimum absolute atomic E-state index is 0.836. The number of rotatable bonds is 0. The molecule has 0 unspecified atom stereocenters. The maximum Gasteiger partial charge on any atom is 0.0851 e. The van der Waals surface area contributed by atoms with Gasteiger partial charge in [0, 0.05) is 0 Å². The van der Waals surface area contributed by atoms with E-state index in [9.17, 15) is 0 Å². The summed E-state index contributed by atoms with van der Waals surface area (Å²) in [4.78, 5) is 0. The van der Waals surface area contributed by atoms with E-state index in [1.54, 1.807) is 11.3 Å². The standard InChI is InChI=1S/C4HBrClIS/c5-3-1-2(6)4(7)8-3/h1H. The Bertz CT molecular complexity index is 178. The lowest BCUT2D eigenvalue weighted by Gasteiger charge is -1.74. The molecular weight excluding hydrogens is 322 g/mol. The molecule has 0 aromatic carbocycles. The van der Waals surface area contributed by atoms with Gasteiger partial charge in [-0.3, -0.25) is 0 Å². The molecule has 0 radical (unpaired) electrons. The van der Waals surface area contributed by atoms with Crippen LogP contribution in [0.5, 0.6) is 0 Å². The van der Waals surface area contributed by atoms with Gasteiger partial charge in [0.15, 0.2) is 0 Å². The van der Waals surface area contributed by atoms with Crippen LogP contribution in [0.4, 0.5) is 0 Å². The van der Waals surface area contributed by atoms with Gasteiger partial charge in [-0.2, -0.15) is 0 Å². The zero-order valence-electron chi connectivity index (χ0n) is 3.62. The fourth-order valence-electron chi connectivity index (χ4n) is 0.320. The first-order valence-electron chi connectivity index (χ1n) is 1.80. The maximum absolute atomic E-state index is 5.70. The molecule has 1 rings (SSSR count). The summed E-state index contributed by atoms with van der Waals surface area (Å²) in [7, 11) is 0. The highest BCUT2D eigenvalue weighted by Crippen LogP contribution is 2.31. The molecule has 0 saturated carbocycles. The van der Waals surface area contributed by atoms with Crippen LogP contribution in [-0.2, 0) is 0 Å². The summed E-state index contributed by atoms with van der Waals surface area (Å²) in [5, 5.41) is 0.836. The van der Waals surface area contributed by atoms with Crippen molar-refractivity contribution >= 4 is 61.5 Å². The normalized spacial score (nSPS) is 9.88. The van der Waals surface area contributed by atoms with Gasteiger partial charge in [0.1, 0.15) is 0 Å². The molecule has 8 heavy (non-hydrogen) atoms. The van der Waals surface area contributed by atoms with Gasteiger partial charge in [0.25, 0.3) is 0 Å². The minimum atomic E-state index is 0.836. The van der Waals surface area contributed by atoms with Crippen LogP contribution in [0.2, 0.25) is 5.02 Å². The Morgan fingerprint density at radius 3 is 2.50 bits per heavy atom. The quantitative estimate of drug-likeness (QED) is 0.638. The van der Waals surface area contributed by atoms with Crippen molar-refractivity contribution in [3.8, 4) is 0 Å². The molecule has 0 saturated heterocycles. The van der Waals surface area contributed by atoms with Crippen molar-refractivity contribution in [1.82, 2.24) is 0 Å². The molecule has 0 aliphatic rings. The van der Waals surface area contributed by atoms with Gasteiger partial charge < -0.3 is 0 Å². The lowest BCUT2D eigenvalue weighted by Crippen LogP contribution is -1.50. The molecule has 0 bridgehead atoms. The molecule has 4 heteroatoms. The van der Waals surface area contributed by atoms with Crippen LogP contribution in [0.3, 0.4) is 0 Å². The third-order valence-corrected chi connectivity index (χ3v) is 4.01. The Hall–Kier alpha value is 1.20. The van der Waals surface area contributed by atoms with Crippen molar-refractivity contribution < 1.29 is 0 Å².